The number of nitro groups is 1. The van der Waals surface area contributed by atoms with Gasteiger partial charge >= 0.3 is 5.00 Å². The molecule has 1 aliphatic heterocycles. The fourth-order valence-electron chi connectivity index (χ4n) is 1.62. The molecule has 3 rings (SSSR count). The standard InChI is InChI=1S/C12H9N3O3S2/c16-15(17)12-4-9(7-20-12)5-13-10-6-14(8-18-10)11-2-1-3-19-11/h1-7H,8H2. The van der Waals surface area contributed by atoms with Gasteiger partial charge in [0.2, 0.25) is 5.88 Å². The second-order valence-electron chi connectivity index (χ2n) is 3.90. The third-order valence-corrected chi connectivity index (χ3v) is 4.34. The topological polar surface area (TPSA) is 68.0 Å². The molecule has 8 heteroatoms. The molecule has 0 fully saturated rings. The van der Waals surface area contributed by atoms with Crippen LogP contribution < -0.4 is 4.90 Å². The molecule has 3 heterocycles. The summed E-state index contributed by atoms with van der Waals surface area (Å²) in [7, 11) is 0. The van der Waals surface area contributed by atoms with Crippen LogP contribution in [0.3, 0.4) is 0 Å². The van der Waals surface area contributed by atoms with Crippen LogP contribution in [-0.2, 0) is 4.74 Å². The first-order valence-corrected chi connectivity index (χ1v) is 7.40. The van der Waals surface area contributed by atoms with Crippen molar-refractivity contribution in [1.82, 2.24) is 0 Å². The maximum Gasteiger partial charge on any atom is 0.324 e. The van der Waals surface area contributed by atoms with E-state index in [0.717, 1.165) is 16.3 Å². The summed E-state index contributed by atoms with van der Waals surface area (Å²) in [6.45, 7) is 0.428. The molecule has 6 nitrogen and oxygen atoms in total. The molecule has 0 saturated carbocycles. The zero-order valence-corrected chi connectivity index (χ0v) is 11.8. The van der Waals surface area contributed by atoms with E-state index in [0.29, 0.717) is 18.2 Å². The highest BCUT2D eigenvalue weighted by Gasteiger charge is 2.15. The van der Waals surface area contributed by atoms with Crippen molar-refractivity contribution in [1.29, 1.82) is 0 Å². The van der Waals surface area contributed by atoms with Crippen molar-refractivity contribution < 1.29 is 9.66 Å². The molecular weight excluding hydrogens is 298 g/mol. The molecule has 1 aliphatic rings. The first-order chi connectivity index (χ1) is 9.72. The Morgan fingerprint density at radius 2 is 2.40 bits per heavy atom. The Kier molecular flexibility index (Phi) is 3.48. The number of rotatable bonds is 4. The fraction of sp³-hybridized carbons (Fsp3) is 0.0833. The van der Waals surface area contributed by atoms with Gasteiger partial charge in [0.25, 0.3) is 0 Å². The lowest BCUT2D eigenvalue weighted by atomic mass is 10.4. The molecule has 0 unspecified atom stereocenters. The van der Waals surface area contributed by atoms with E-state index in [1.165, 1.54) is 6.07 Å². The second kappa shape index (κ2) is 5.43. The number of ether oxygens (including phenoxy) is 1. The summed E-state index contributed by atoms with van der Waals surface area (Å²) in [5.41, 5.74) is 0.695. The fourth-order valence-corrected chi connectivity index (χ4v) is 2.99. The summed E-state index contributed by atoms with van der Waals surface area (Å²) in [4.78, 5) is 16.3. The summed E-state index contributed by atoms with van der Waals surface area (Å²) in [6, 6.07) is 5.46. The summed E-state index contributed by atoms with van der Waals surface area (Å²) < 4.78 is 5.43. The van der Waals surface area contributed by atoms with Crippen molar-refractivity contribution in [2.75, 3.05) is 11.6 Å². The molecule has 0 spiro atoms. The second-order valence-corrected chi connectivity index (χ2v) is 5.71. The maximum atomic E-state index is 10.6. The quantitative estimate of drug-likeness (QED) is 0.493. The number of aliphatic imine (C=N–C) groups is 1. The molecule has 0 radical (unpaired) electrons. The van der Waals surface area contributed by atoms with Gasteiger partial charge in [-0.2, -0.15) is 0 Å². The Bertz CT molecular complexity index is 676. The molecule has 20 heavy (non-hydrogen) atoms. The lowest BCUT2D eigenvalue weighted by Gasteiger charge is -2.08. The predicted molar refractivity (Wildman–Crippen MR) is 79.4 cm³/mol. The SMILES string of the molecule is O=[N+]([O-])c1cc(C=NC2=CN(c3cccs3)CO2)cs1. The van der Waals surface area contributed by atoms with Crippen LogP contribution in [-0.4, -0.2) is 17.9 Å². The molecule has 0 bridgehead atoms. The number of nitrogens with zero attached hydrogens (tertiary/aromatic N) is 3. The van der Waals surface area contributed by atoms with Crippen molar-refractivity contribution in [3.05, 3.63) is 56.7 Å². The van der Waals surface area contributed by atoms with Gasteiger partial charge in [0.15, 0.2) is 6.73 Å². The van der Waals surface area contributed by atoms with Gasteiger partial charge in [-0.05, 0) is 17.5 Å². The highest BCUT2D eigenvalue weighted by atomic mass is 32.1. The molecular formula is C12H9N3O3S2. The van der Waals surface area contributed by atoms with Crippen LogP contribution in [0.2, 0.25) is 0 Å². The molecule has 2 aromatic heterocycles. The predicted octanol–water partition coefficient (Wildman–Crippen LogP) is 3.43. The zero-order chi connectivity index (χ0) is 13.9. The summed E-state index contributed by atoms with van der Waals surface area (Å²) in [5, 5.41) is 15.5. The molecule has 0 atom stereocenters. The minimum Gasteiger partial charge on any atom is -0.455 e. The van der Waals surface area contributed by atoms with Crippen LogP contribution >= 0.6 is 22.7 Å². The molecule has 0 amide bonds. The third-order valence-electron chi connectivity index (χ3n) is 2.53. The Labute approximate surface area is 122 Å². The van der Waals surface area contributed by atoms with Gasteiger partial charge in [-0.25, -0.2) is 4.99 Å². The van der Waals surface area contributed by atoms with Crippen LogP contribution in [0.1, 0.15) is 5.56 Å². The van der Waals surface area contributed by atoms with Crippen LogP contribution in [0.5, 0.6) is 0 Å². The van der Waals surface area contributed by atoms with Crippen molar-refractivity contribution >= 4 is 38.9 Å². The van der Waals surface area contributed by atoms with Gasteiger partial charge in [-0.15, -0.1) is 11.3 Å². The zero-order valence-electron chi connectivity index (χ0n) is 10.1. The highest BCUT2D eigenvalue weighted by Crippen LogP contribution is 2.26. The third kappa shape index (κ3) is 2.70. The first kappa shape index (κ1) is 12.8. The summed E-state index contributed by atoms with van der Waals surface area (Å²) in [5.74, 6) is 0.493. The Morgan fingerprint density at radius 1 is 1.50 bits per heavy atom. The van der Waals surface area contributed by atoms with Crippen molar-refractivity contribution in [3.8, 4) is 0 Å². The molecule has 0 aromatic carbocycles. The van der Waals surface area contributed by atoms with Crippen molar-refractivity contribution in [2.45, 2.75) is 0 Å². The Hall–Kier alpha value is -2.19. The summed E-state index contributed by atoms with van der Waals surface area (Å²) >= 11 is 2.70. The van der Waals surface area contributed by atoms with Gasteiger partial charge in [-0.1, -0.05) is 11.3 Å². The normalized spacial score (nSPS) is 14.6. The molecule has 102 valence electrons. The number of anilines is 1. The van der Waals surface area contributed by atoms with Crippen molar-refractivity contribution in [3.63, 3.8) is 0 Å². The van der Waals surface area contributed by atoms with E-state index in [-0.39, 0.29) is 5.00 Å². The monoisotopic (exact) mass is 307 g/mol. The minimum absolute atomic E-state index is 0.105. The Balaban J connectivity index is 1.70. The average molecular weight is 307 g/mol. The van der Waals surface area contributed by atoms with Gasteiger partial charge < -0.3 is 9.64 Å². The van der Waals surface area contributed by atoms with E-state index in [9.17, 15) is 10.1 Å². The summed E-state index contributed by atoms with van der Waals surface area (Å²) in [6.07, 6.45) is 3.37. The molecule has 0 N–H and O–H groups in total. The molecule has 0 saturated heterocycles. The first-order valence-electron chi connectivity index (χ1n) is 5.64. The van der Waals surface area contributed by atoms with Crippen LogP contribution in [0, 0.1) is 10.1 Å². The van der Waals surface area contributed by atoms with Gasteiger partial charge in [0, 0.05) is 23.2 Å². The van der Waals surface area contributed by atoms with Gasteiger partial charge in [-0.3, -0.25) is 10.1 Å². The number of hydrogen-bond acceptors (Lipinski definition) is 7. The van der Waals surface area contributed by atoms with Crippen LogP contribution in [0.4, 0.5) is 10.0 Å². The van der Waals surface area contributed by atoms with Gasteiger partial charge in [0.1, 0.15) is 0 Å². The van der Waals surface area contributed by atoms with E-state index in [1.54, 1.807) is 22.9 Å². The highest BCUT2D eigenvalue weighted by molar-refractivity contribution is 7.14. The maximum absolute atomic E-state index is 10.6. The van der Waals surface area contributed by atoms with E-state index < -0.39 is 4.92 Å². The van der Waals surface area contributed by atoms with Gasteiger partial charge in [0.05, 0.1) is 16.1 Å². The van der Waals surface area contributed by atoms with E-state index in [4.69, 9.17) is 4.74 Å². The number of thiophene rings is 2. The number of hydrogen-bond donors (Lipinski definition) is 0. The van der Waals surface area contributed by atoms with Crippen molar-refractivity contribution in [2.24, 2.45) is 4.99 Å². The Morgan fingerprint density at radius 3 is 3.10 bits per heavy atom. The van der Waals surface area contributed by atoms with E-state index in [2.05, 4.69) is 4.99 Å². The smallest absolute Gasteiger partial charge is 0.324 e. The molecule has 0 aliphatic carbocycles. The lowest BCUT2D eigenvalue weighted by molar-refractivity contribution is -0.380. The largest absolute Gasteiger partial charge is 0.455 e. The molecule has 2 aromatic rings. The minimum atomic E-state index is -0.411. The van der Waals surface area contributed by atoms with Crippen LogP contribution in [0.15, 0.2) is 46.0 Å². The van der Waals surface area contributed by atoms with E-state index >= 15 is 0 Å². The van der Waals surface area contributed by atoms with Crippen LogP contribution in [0.25, 0.3) is 0 Å². The average Bonchev–Trinajstić information content (AvgIpc) is 3.17. The lowest BCUT2D eigenvalue weighted by Crippen LogP contribution is -2.10. The van der Waals surface area contributed by atoms with E-state index in [1.807, 2.05) is 28.6 Å².